The molecule has 0 aliphatic carbocycles. The molecule has 0 unspecified atom stereocenters. The fraction of sp³-hybridized carbons (Fsp3) is 0.182. The van der Waals surface area contributed by atoms with Gasteiger partial charge in [-0.15, -0.1) is 10.2 Å². The lowest BCUT2D eigenvalue weighted by Gasteiger charge is -2.25. The molecular formula is C22H20N4S. The predicted molar refractivity (Wildman–Crippen MR) is 113 cm³/mol. The van der Waals surface area contributed by atoms with Crippen molar-refractivity contribution in [1.29, 1.82) is 0 Å². The van der Waals surface area contributed by atoms with Crippen LogP contribution >= 0.6 is 11.3 Å². The predicted octanol–water partition coefficient (Wildman–Crippen LogP) is 4.94. The fourth-order valence-corrected chi connectivity index (χ4v) is 4.33. The third-order valence-corrected chi connectivity index (χ3v) is 5.91. The highest BCUT2D eigenvalue weighted by atomic mass is 32.1. The molecule has 5 heteroatoms. The van der Waals surface area contributed by atoms with Crippen molar-refractivity contribution in [1.82, 2.24) is 15.1 Å². The Kier molecular flexibility index (Phi) is 4.11. The number of nitrogens with zero attached hydrogens (tertiary/aromatic N) is 4. The minimum absolute atomic E-state index is 0.937. The highest BCUT2D eigenvalue weighted by molar-refractivity contribution is 7.12. The second kappa shape index (κ2) is 6.76. The van der Waals surface area contributed by atoms with Crippen LogP contribution in [0.25, 0.3) is 21.3 Å². The number of benzene rings is 3. The van der Waals surface area contributed by atoms with Gasteiger partial charge in [-0.2, -0.15) is 0 Å². The summed E-state index contributed by atoms with van der Waals surface area (Å²) >= 11 is 1.58. The van der Waals surface area contributed by atoms with E-state index in [0.29, 0.717) is 0 Å². The SMILES string of the molecule is CN1CCN(c2ccc3ccccc3c2)c2ccc(-c3nncs3)cc2C1. The number of fused-ring (bicyclic) bond motifs is 2. The molecule has 0 bridgehead atoms. The number of hydrogen-bond donors (Lipinski definition) is 0. The van der Waals surface area contributed by atoms with E-state index in [1.807, 2.05) is 0 Å². The summed E-state index contributed by atoms with van der Waals surface area (Å²) in [5.41, 5.74) is 6.78. The third kappa shape index (κ3) is 3.09. The third-order valence-electron chi connectivity index (χ3n) is 5.17. The summed E-state index contributed by atoms with van der Waals surface area (Å²) in [4.78, 5) is 4.82. The van der Waals surface area contributed by atoms with Crippen molar-refractivity contribution < 1.29 is 0 Å². The van der Waals surface area contributed by atoms with Crippen LogP contribution < -0.4 is 4.90 Å². The maximum Gasteiger partial charge on any atom is 0.147 e. The van der Waals surface area contributed by atoms with E-state index in [1.165, 1.54) is 27.7 Å². The Hall–Kier alpha value is -2.76. The normalized spacial score (nSPS) is 14.9. The Morgan fingerprint density at radius 3 is 2.67 bits per heavy atom. The second-order valence-corrected chi connectivity index (χ2v) is 7.84. The van der Waals surface area contributed by atoms with Gasteiger partial charge in [-0.25, -0.2) is 0 Å². The number of hydrogen-bond acceptors (Lipinski definition) is 5. The molecular weight excluding hydrogens is 352 g/mol. The Bertz CT molecular complexity index is 1090. The van der Waals surface area contributed by atoms with Crippen molar-refractivity contribution in [3.05, 3.63) is 71.7 Å². The van der Waals surface area contributed by atoms with Gasteiger partial charge < -0.3 is 9.80 Å². The molecule has 5 rings (SSSR count). The number of anilines is 2. The Balaban J connectivity index is 1.61. The van der Waals surface area contributed by atoms with E-state index in [9.17, 15) is 0 Å². The zero-order chi connectivity index (χ0) is 18.2. The van der Waals surface area contributed by atoms with Crippen LogP contribution in [-0.2, 0) is 6.54 Å². The summed E-state index contributed by atoms with van der Waals surface area (Å²) in [6, 6.07) is 22.0. The number of aromatic nitrogens is 2. The van der Waals surface area contributed by atoms with Gasteiger partial charge >= 0.3 is 0 Å². The smallest absolute Gasteiger partial charge is 0.147 e. The summed E-state index contributed by atoms with van der Waals surface area (Å²) in [5, 5.41) is 11.7. The lowest BCUT2D eigenvalue weighted by atomic mass is 10.1. The highest BCUT2D eigenvalue weighted by Gasteiger charge is 2.20. The van der Waals surface area contributed by atoms with Crippen LogP contribution in [0.2, 0.25) is 0 Å². The van der Waals surface area contributed by atoms with Crippen molar-refractivity contribution >= 4 is 33.5 Å². The van der Waals surface area contributed by atoms with Gasteiger partial charge in [-0.05, 0) is 53.7 Å². The molecule has 0 atom stereocenters. The van der Waals surface area contributed by atoms with E-state index < -0.39 is 0 Å². The topological polar surface area (TPSA) is 32.3 Å². The van der Waals surface area contributed by atoms with Crippen molar-refractivity contribution in [3.8, 4) is 10.6 Å². The first-order chi connectivity index (χ1) is 13.3. The maximum absolute atomic E-state index is 4.23. The lowest BCUT2D eigenvalue weighted by Crippen LogP contribution is -2.26. The minimum Gasteiger partial charge on any atom is -0.340 e. The standard InChI is InChI=1S/C22H20N4S/c1-25-10-11-26(20-8-6-16-4-2-3-5-17(16)13-20)21-9-7-18(12-19(21)14-25)22-24-23-15-27-22/h2-9,12-13,15H,10-11,14H2,1H3. The average molecular weight is 372 g/mol. The van der Waals surface area contributed by atoms with E-state index in [4.69, 9.17) is 0 Å². The van der Waals surface area contributed by atoms with Crippen molar-refractivity contribution in [2.45, 2.75) is 6.54 Å². The van der Waals surface area contributed by atoms with Crippen molar-refractivity contribution in [2.75, 3.05) is 25.0 Å². The molecule has 0 radical (unpaired) electrons. The van der Waals surface area contributed by atoms with E-state index >= 15 is 0 Å². The van der Waals surface area contributed by atoms with Crippen LogP contribution in [0.3, 0.4) is 0 Å². The Morgan fingerprint density at radius 2 is 1.81 bits per heavy atom. The molecule has 27 heavy (non-hydrogen) atoms. The molecule has 134 valence electrons. The summed E-state index contributed by atoms with van der Waals surface area (Å²) < 4.78 is 0. The molecule has 0 saturated heterocycles. The largest absolute Gasteiger partial charge is 0.340 e. The van der Waals surface area contributed by atoms with Crippen LogP contribution in [0.15, 0.2) is 66.2 Å². The van der Waals surface area contributed by atoms with E-state index in [-0.39, 0.29) is 0 Å². The van der Waals surface area contributed by atoms with E-state index in [2.05, 4.69) is 87.7 Å². The molecule has 4 aromatic rings. The highest BCUT2D eigenvalue weighted by Crippen LogP contribution is 2.35. The van der Waals surface area contributed by atoms with Gasteiger partial charge in [0.25, 0.3) is 0 Å². The van der Waals surface area contributed by atoms with Crippen LogP contribution in [0, 0.1) is 0 Å². The monoisotopic (exact) mass is 372 g/mol. The van der Waals surface area contributed by atoms with Gasteiger partial charge in [0.15, 0.2) is 0 Å². The Labute approximate surface area is 162 Å². The minimum atomic E-state index is 0.937. The molecule has 0 N–H and O–H groups in total. The quantitative estimate of drug-likeness (QED) is 0.499. The molecule has 2 heterocycles. The molecule has 0 amide bonds. The maximum atomic E-state index is 4.23. The van der Waals surface area contributed by atoms with E-state index in [0.717, 1.165) is 30.2 Å². The summed E-state index contributed by atoms with van der Waals surface area (Å²) in [6.45, 7) is 2.93. The van der Waals surface area contributed by atoms with Crippen molar-refractivity contribution in [2.24, 2.45) is 0 Å². The second-order valence-electron chi connectivity index (χ2n) is 7.01. The zero-order valence-electron chi connectivity index (χ0n) is 15.2. The van der Waals surface area contributed by atoms with Gasteiger partial charge in [0.05, 0.1) is 0 Å². The first-order valence-corrected chi connectivity index (χ1v) is 10.0. The molecule has 0 spiro atoms. The van der Waals surface area contributed by atoms with Gasteiger partial charge in [-0.1, -0.05) is 41.7 Å². The fourth-order valence-electron chi connectivity index (χ4n) is 3.78. The van der Waals surface area contributed by atoms with Crippen LogP contribution in [0.4, 0.5) is 11.4 Å². The summed E-state index contributed by atoms with van der Waals surface area (Å²) in [6.07, 6.45) is 0. The van der Waals surface area contributed by atoms with Gasteiger partial charge in [0.1, 0.15) is 10.5 Å². The molecule has 0 fully saturated rings. The first-order valence-electron chi connectivity index (χ1n) is 9.12. The lowest BCUT2D eigenvalue weighted by molar-refractivity contribution is 0.343. The molecule has 1 aromatic heterocycles. The van der Waals surface area contributed by atoms with Gasteiger partial charge in [0, 0.05) is 36.6 Å². The van der Waals surface area contributed by atoms with Crippen LogP contribution in [0.1, 0.15) is 5.56 Å². The first kappa shape index (κ1) is 16.4. The van der Waals surface area contributed by atoms with Gasteiger partial charge in [0.2, 0.25) is 0 Å². The molecule has 1 aliphatic rings. The van der Waals surface area contributed by atoms with Crippen LogP contribution in [0.5, 0.6) is 0 Å². The molecule has 1 aliphatic heterocycles. The summed E-state index contributed by atoms with van der Waals surface area (Å²) in [7, 11) is 2.19. The molecule has 4 nitrogen and oxygen atoms in total. The number of rotatable bonds is 2. The van der Waals surface area contributed by atoms with Crippen LogP contribution in [-0.4, -0.2) is 35.2 Å². The average Bonchev–Trinajstić information content (AvgIpc) is 3.18. The number of likely N-dealkylation sites (N-methyl/N-ethyl adjacent to an activating group) is 1. The molecule has 3 aromatic carbocycles. The summed E-state index contributed by atoms with van der Waals surface area (Å²) in [5.74, 6) is 0. The Morgan fingerprint density at radius 1 is 0.926 bits per heavy atom. The molecule has 0 saturated carbocycles. The van der Waals surface area contributed by atoms with Gasteiger partial charge in [-0.3, -0.25) is 0 Å². The van der Waals surface area contributed by atoms with E-state index in [1.54, 1.807) is 16.8 Å². The van der Waals surface area contributed by atoms with Crippen molar-refractivity contribution in [3.63, 3.8) is 0 Å². The zero-order valence-corrected chi connectivity index (χ0v) is 16.0.